The zero-order chi connectivity index (χ0) is 21.1. The fourth-order valence-corrected chi connectivity index (χ4v) is 4.03. The lowest BCUT2D eigenvalue weighted by Crippen LogP contribution is -2.47. The first-order valence-corrected chi connectivity index (χ1v) is 11.4. The highest BCUT2D eigenvalue weighted by atomic mass is 16.5. The van der Waals surface area contributed by atoms with E-state index in [1.807, 2.05) is 13.1 Å². The van der Waals surface area contributed by atoms with Crippen molar-refractivity contribution in [2.75, 3.05) is 44.2 Å². The minimum Gasteiger partial charge on any atom is -0.478 e. The van der Waals surface area contributed by atoms with Crippen LogP contribution in [0.4, 0.5) is 5.82 Å². The van der Waals surface area contributed by atoms with Crippen LogP contribution in [0.2, 0.25) is 0 Å². The van der Waals surface area contributed by atoms with Crippen molar-refractivity contribution in [2.45, 2.75) is 57.8 Å². The van der Waals surface area contributed by atoms with Gasteiger partial charge in [-0.25, -0.2) is 14.6 Å². The number of aryl methyl sites for hydroxylation is 1. The fourth-order valence-electron chi connectivity index (χ4n) is 4.03. The van der Waals surface area contributed by atoms with Crippen LogP contribution in [0.1, 0.15) is 63.9 Å². The van der Waals surface area contributed by atoms with Crippen LogP contribution in [0, 0.1) is 0 Å². The maximum atomic E-state index is 5.80. The van der Waals surface area contributed by atoms with Gasteiger partial charge in [-0.1, -0.05) is 27.2 Å². The van der Waals surface area contributed by atoms with Crippen molar-refractivity contribution in [1.29, 1.82) is 0 Å². The molecular weight excluding hydrogens is 376 g/mol. The van der Waals surface area contributed by atoms with Gasteiger partial charge in [-0.3, -0.25) is 4.90 Å². The molecule has 0 radical (unpaired) electrons. The van der Waals surface area contributed by atoms with Crippen LogP contribution in [0.3, 0.4) is 0 Å². The summed E-state index contributed by atoms with van der Waals surface area (Å²) in [5, 5.41) is 4.13. The minimum absolute atomic E-state index is 0.0236. The SMILES string of the molecule is Cn1nccc1OCCCN1CCN(c2cc(C3CCC3)nc(C(C)(C)C)n2)CC1. The molecule has 2 aromatic heterocycles. The van der Waals surface area contributed by atoms with Gasteiger partial charge in [-0.15, -0.1) is 0 Å². The van der Waals surface area contributed by atoms with Gasteiger partial charge >= 0.3 is 0 Å². The van der Waals surface area contributed by atoms with Crippen molar-refractivity contribution >= 4 is 5.82 Å². The molecule has 0 spiro atoms. The fraction of sp³-hybridized carbons (Fsp3) is 0.696. The molecule has 2 aliphatic rings. The van der Waals surface area contributed by atoms with Gasteiger partial charge in [0, 0.05) is 68.9 Å². The van der Waals surface area contributed by atoms with Gasteiger partial charge in [0.25, 0.3) is 0 Å². The Hall–Kier alpha value is -2.15. The third-order valence-electron chi connectivity index (χ3n) is 6.27. The molecule has 3 heterocycles. The predicted octanol–water partition coefficient (Wildman–Crippen LogP) is 3.37. The van der Waals surface area contributed by atoms with Gasteiger partial charge < -0.3 is 9.64 Å². The van der Waals surface area contributed by atoms with E-state index in [2.05, 4.69) is 41.7 Å². The molecule has 2 fully saturated rings. The third kappa shape index (κ3) is 4.94. The molecule has 7 nitrogen and oxygen atoms in total. The zero-order valence-corrected chi connectivity index (χ0v) is 19.0. The summed E-state index contributed by atoms with van der Waals surface area (Å²) in [6, 6.07) is 4.17. The Bertz CT molecular complexity index is 830. The van der Waals surface area contributed by atoms with Crippen LogP contribution in [0.15, 0.2) is 18.3 Å². The minimum atomic E-state index is -0.0236. The Morgan fingerprint density at radius 3 is 2.47 bits per heavy atom. The smallest absolute Gasteiger partial charge is 0.211 e. The van der Waals surface area contributed by atoms with Crippen LogP contribution in [0.5, 0.6) is 5.88 Å². The number of aromatic nitrogens is 4. The molecule has 0 N–H and O–H groups in total. The molecule has 0 unspecified atom stereocenters. The van der Waals surface area contributed by atoms with Crippen LogP contribution in [0.25, 0.3) is 0 Å². The summed E-state index contributed by atoms with van der Waals surface area (Å²) in [6.07, 6.45) is 6.67. The van der Waals surface area contributed by atoms with Crippen molar-refractivity contribution in [1.82, 2.24) is 24.6 Å². The van der Waals surface area contributed by atoms with Gasteiger partial charge in [0.2, 0.25) is 5.88 Å². The first-order valence-electron chi connectivity index (χ1n) is 11.4. The largest absolute Gasteiger partial charge is 0.478 e. The van der Waals surface area contributed by atoms with Crippen molar-refractivity contribution in [3.05, 3.63) is 29.8 Å². The standard InChI is InChI=1S/C23H36N6O/c1-23(2,3)22-25-19(18-7-5-8-18)17-20(26-22)29-14-12-28(13-15-29)11-6-16-30-21-9-10-24-27(21)4/h9-10,17-18H,5-8,11-16H2,1-4H3. The Kier molecular flexibility index (Phi) is 6.27. The van der Waals surface area contributed by atoms with Gasteiger partial charge in [0.15, 0.2) is 0 Å². The van der Waals surface area contributed by atoms with E-state index in [4.69, 9.17) is 14.7 Å². The summed E-state index contributed by atoms with van der Waals surface area (Å²) >= 11 is 0. The van der Waals surface area contributed by atoms with Crippen molar-refractivity contribution in [2.24, 2.45) is 7.05 Å². The van der Waals surface area contributed by atoms with Crippen LogP contribution in [-0.2, 0) is 12.5 Å². The first kappa shape index (κ1) is 21.1. The van der Waals surface area contributed by atoms with Crippen LogP contribution >= 0.6 is 0 Å². The molecule has 2 aromatic rings. The van der Waals surface area contributed by atoms with Gasteiger partial charge in [0.05, 0.1) is 12.8 Å². The second-order valence-corrected chi connectivity index (χ2v) is 9.68. The Morgan fingerprint density at radius 2 is 1.87 bits per heavy atom. The summed E-state index contributed by atoms with van der Waals surface area (Å²) in [6.45, 7) is 12.6. The molecule has 1 aliphatic heterocycles. The average Bonchev–Trinajstić information content (AvgIpc) is 3.08. The summed E-state index contributed by atoms with van der Waals surface area (Å²) in [5.41, 5.74) is 1.23. The van der Waals surface area contributed by atoms with E-state index in [-0.39, 0.29) is 5.41 Å². The number of ether oxygens (including phenoxy) is 1. The number of piperazine rings is 1. The topological polar surface area (TPSA) is 59.3 Å². The molecular formula is C23H36N6O. The number of anilines is 1. The highest BCUT2D eigenvalue weighted by molar-refractivity contribution is 5.42. The third-order valence-corrected chi connectivity index (χ3v) is 6.27. The zero-order valence-electron chi connectivity index (χ0n) is 19.0. The van der Waals surface area contributed by atoms with E-state index >= 15 is 0 Å². The lowest BCUT2D eigenvalue weighted by Gasteiger charge is -2.36. The van der Waals surface area contributed by atoms with Crippen molar-refractivity contribution in [3.8, 4) is 5.88 Å². The summed E-state index contributed by atoms with van der Waals surface area (Å²) < 4.78 is 7.57. The van der Waals surface area contributed by atoms with Gasteiger partial charge in [-0.05, 0) is 19.3 Å². The van der Waals surface area contributed by atoms with E-state index < -0.39 is 0 Å². The molecule has 4 rings (SSSR count). The first-order chi connectivity index (χ1) is 14.4. The molecule has 30 heavy (non-hydrogen) atoms. The highest BCUT2D eigenvalue weighted by Crippen LogP contribution is 2.37. The lowest BCUT2D eigenvalue weighted by molar-refractivity contribution is 0.218. The number of hydrogen-bond acceptors (Lipinski definition) is 6. The monoisotopic (exact) mass is 412 g/mol. The average molecular weight is 413 g/mol. The molecule has 0 atom stereocenters. The molecule has 0 aromatic carbocycles. The molecule has 7 heteroatoms. The molecule has 1 saturated heterocycles. The van der Waals surface area contributed by atoms with Gasteiger partial charge in [-0.2, -0.15) is 5.10 Å². The van der Waals surface area contributed by atoms with Crippen molar-refractivity contribution in [3.63, 3.8) is 0 Å². The predicted molar refractivity (Wildman–Crippen MR) is 119 cm³/mol. The molecule has 164 valence electrons. The van der Waals surface area contributed by atoms with E-state index in [1.54, 1.807) is 10.9 Å². The molecule has 1 saturated carbocycles. The van der Waals surface area contributed by atoms with Gasteiger partial charge in [0.1, 0.15) is 11.6 Å². The number of hydrogen-bond donors (Lipinski definition) is 0. The quantitative estimate of drug-likeness (QED) is 0.650. The molecule has 1 aliphatic carbocycles. The molecule has 0 bridgehead atoms. The molecule has 0 amide bonds. The summed E-state index contributed by atoms with van der Waals surface area (Å²) in [5.74, 6) is 3.57. The number of rotatable bonds is 7. The van der Waals surface area contributed by atoms with Crippen molar-refractivity contribution < 1.29 is 4.74 Å². The Morgan fingerprint density at radius 1 is 1.10 bits per heavy atom. The van der Waals surface area contributed by atoms with Crippen LogP contribution < -0.4 is 9.64 Å². The van der Waals surface area contributed by atoms with E-state index in [0.717, 1.165) is 63.3 Å². The Labute approximate surface area is 180 Å². The van der Waals surface area contributed by atoms with E-state index in [9.17, 15) is 0 Å². The second-order valence-electron chi connectivity index (χ2n) is 9.68. The second kappa shape index (κ2) is 8.92. The van der Waals surface area contributed by atoms with Crippen LogP contribution in [-0.4, -0.2) is 64.0 Å². The normalized spacial score (nSPS) is 18.5. The van der Waals surface area contributed by atoms with E-state index in [0.29, 0.717) is 5.92 Å². The summed E-state index contributed by atoms with van der Waals surface area (Å²) in [4.78, 5) is 14.9. The van der Waals surface area contributed by atoms with E-state index in [1.165, 1.54) is 25.0 Å². The highest BCUT2D eigenvalue weighted by Gasteiger charge is 2.27. The maximum absolute atomic E-state index is 5.80. The maximum Gasteiger partial charge on any atom is 0.211 e. The number of nitrogens with zero attached hydrogens (tertiary/aromatic N) is 6. The Balaban J connectivity index is 1.30. The summed E-state index contributed by atoms with van der Waals surface area (Å²) in [7, 11) is 1.91. The lowest BCUT2D eigenvalue weighted by atomic mass is 9.82.